The Bertz CT molecular complexity index is 58.4. The maximum Gasteiger partial charge on any atom is 0.333 e. The van der Waals surface area contributed by atoms with Gasteiger partial charge in [-0.3, -0.25) is 0 Å². The second-order valence-corrected chi connectivity index (χ2v) is 2.62. The lowest BCUT2D eigenvalue weighted by Gasteiger charge is -2.07. The Labute approximate surface area is 54.0 Å². The molecular weight excluding hydrogens is 189 g/mol. The van der Waals surface area contributed by atoms with Crippen molar-refractivity contribution in [3.05, 3.63) is 6.92 Å². The van der Waals surface area contributed by atoms with E-state index in [0.29, 0.717) is 0 Å². The summed E-state index contributed by atoms with van der Waals surface area (Å²) in [7, 11) is 0. The van der Waals surface area contributed by atoms with E-state index in [4.69, 9.17) is 0 Å². The van der Waals surface area contributed by atoms with Crippen molar-refractivity contribution in [1.82, 2.24) is 0 Å². The first kappa shape index (κ1) is 7.63. The fraction of sp³-hybridized carbons (Fsp3) is 0.667. The van der Waals surface area contributed by atoms with Crippen molar-refractivity contribution < 1.29 is 8.78 Å². The molecule has 0 saturated carbocycles. The van der Waals surface area contributed by atoms with Gasteiger partial charge >= 0.3 is 5.38 Å². The van der Waals surface area contributed by atoms with Crippen molar-refractivity contribution in [3.63, 3.8) is 0 Å². The summed E-state index contributed by atoms with van der Waals surface area (Å²) in [6, 6.07) is 0. The molecule has 0 amide bonds. The highest BCUT2D eigenvalue weighted by atomic mass is 79.9. The highest BCUT2D eigenvalue weighted by Gasteiger charge is 2.30. The zero-order valence-electron chi connectivity index (χ0n) is 3.30. The lowest BCUT2D eigenvalue weighted by Crippen LogP contribution is -2.17. The van der Waals surface area contributed by atoms with Crippen LogP contribution in [0.25, 0.3) is 0 Å². The summed E-state index contributed by atoms with van der Waals surface area (Å²) in [5.41, 5.74) is 0. The summed E-state index contributed by atoms with van der Waals surface area (Å²) in [5.74, 6) is 0. The van der Waals surface area contributed by atoms with Gasteiger partial charge in [0.1, 0.15) is 0 Å². The summed E-state index contributed by atoms with van der Waals surface area (Å²) in [4.78, 5) is -1.21. The smallest absolute Gasteiger partial charge is 0.187 e. The highest BCUT2D eigenvalue weighted by Crippen LogP contribution is 2.27. The molecule has 0 spiro atoms. The molecule has 0 N–H and O–H groups in total. The number of rotatable bonds is 1. The van der Waals surface area contributed by atoms with Crippen LogP contribution in [-0.4, -0.2) is 10.2 Å². The van der Waals surface area contributed by atoms with E-state index in [1.165, 1.54) is 0 Å². The van der Waals surface area contributed by atoms with Crippen LogP contribution in [0.15, 0.2) is 0 Å². The van der Waals surface area contributed by atoms with Crippen LogP contribution in [0.5, 0.6) is 0 Å². The van der Waals surface area contributed by atoms with Gasteiger partial charge in [-0.1, -0.05) is 15.9 Å². The average Bonchev–Trinajstić information content (AvgIpc) is 1.31. The molecule has 0 fully saturated rings. The molecule has 0 aromatic carbocycles. The fourth-order valence-corrected chi connectivity index (χ4v) is 0. The quantitative estimate of drug-likeness (QED) is 0.560. The third kappa shape index (κ3) is 3.23. The minimum absolute atomic E-state index is 1.21. The molecule has 0 rings (SSSR count). The topological polar surface area (TPSA) is 0 Å². The van der Waals surface area contributed by atoms with Crippen LogP contribution < -0.4 is 0 Å². The molecule has 0 aliphatic rings. The second-order valence-electron chi connectivity index (χ2n) is 1.01. The molecule has 0 aliphatic heterocycles. The number of halogens is 4. The first-order valence-electron chi connectivity index (χ1n) is 1.48. The average molecular weight is 192 g/mol. The van der Waals surface area contributed by atoms with Gasteiger partial charge in [0.2, 0.25) is 0 Å². The first-order valence-corrected chi connectivity index (χ1v) is 2.78. The number of alkyl halides is 4. The molecule has 0 aromatic heterocycles. The Balaban J connectivity index is 3.54. The SMILES string of the molecule is [CH2]C(Br)C(F)(F)Cl. The lowest BCUT2D eigenvalue weighted by atomic mass is 10.5. The third-order valence-corrected chi connectivity index (χ3v) is 1.46. The molecule has 1 radical (unpaired) electrons. The highest BCUT2D eigenvalue weighted by molar-refractivity contribution is 9.09. The second kappa shape index (κ2) is 2.27. The van der Waals surface area contributed by atoms with Crippen molar-refractivity contribution in [2.45, 2.75) is 10.2 Å². The van der Waals surface area contributed by atoms with Crippen molar-refractivity contribution in [3.8, 4) is 0 Å². The van der Waals surface area contributed by atoms with Gasteiger partial charge in [-0.15, -0.1) is 0 Å². The monoisotopic (exact) mass is 191 g/mol. The predicted molar refractivity (Wildman–Crippen MR) is 28.9 cm³/mol. The molecule has 43 valence electrons. The summed E-state index contributed by atoms with van der Waals surface area (Å²) >= 11 is 6.93. The van der Waals surface area contributed by atoms with Crippen molar-refractivity contribution in [2.75, 3.05) is 0 Å². The van der Waals surface area contributed by atoms with Crippen LogP contribution in [0.2, 0.25) is 0 Å². The molecule has 0 aromatic rings. The van der Waals surface area contributed by atoms with Gasteiger partial charge in [0.05, 0.1) is 4.83 Å². The van der Waals surface area contributed by atoms with Gasteiger partial charge < -0.3 is 0 Å². The molecule has 7 heavy (non-hydrogen) atoms. The summed E-state index contributed by atoms with van der Waals surface area (Å²) in [6.45, 7) is 2.94. The van der Waals surface area contributed by atoms with Gasteiger partial charge in [-0.2, -0.15) is 8.78 Å². The number of hydrogen-bond acceptors (Lipinski definition) is 0. The largest absolute Gasteiger partial charge is 0.333 e. The third-order valence-electron chi connectivity index (χ3n) is 0.355. The van der Waals surface area contributed by atoms with E-state index in [-0.39, 0.29) is 0 Å². The Morgan fingerprint density at radius 2 is 1.86 bits per heavy atom. The molecule has 0 heterocycles. The molecule has 0 nitrogen and oxygen atoms in total. The Kier molecular flexibility index (Phi) is 2.47. The molecular formula is C3H3BrClF2. The predicted octanol–water partition coefficient (Wildman–Crippen LogP) is 2.42. The number of hydrogen-bond donors (Lipinski definition) is 0. The standard InChI is InChI=1S/C3H3BrClF2/c1-2(4)3(5,6)7/h2H,1H2. The van der Waals surface area contributed by atoms with Crippen LogP contribution in [0.4, 0.5) is 8.78 Å². The molecule has 4 heteroatoms. The van der Waals surface area contributed by atoms with E-state index in [9.17, 15) is 8.78 Å². The van der Waals surface area contributed by atoms with E-state index in [1.54, 1.807) is 0 Å². The van der Waals surface area contributed by atoms with Crippen LogP contribution in [-0.2, 0) is 0 Å². The zero-order chi connectivity index (χ0) is 6.08. The molecule has 0 aliphatic carbocycles. The van der Waals surface area contributed by atoms with Gasteiger partial charge in [0.25, 0.3) is 0 Å². The molecule has 1 atom stereocenters. The summed E-state index contributed by atoms with van der Waals surface area (Å²) in [6.07, 6.45) is 0. The van der Waals surface area contributed by atoms with Crippen LogP contribution >= 0.6 is 27.5 Å². The van der Waals surface area contributed by atoms with Gasteiger partial charge in [0.15, 0.2) is 0 Å². The Morgan fingerprint density at radius 3 is 1.86 bits per heavy atom. The maximum atomic E-state index is 11.5. The van der Waals surface area contributed by atoms with Crippen LogP contribution in [0.3, 0.4) is 0 Å². The van der Waals surface area contributed by atoms with E-state index in [1.807, 2.05) is 0 Å². The van der Waals surface area contributed by atoms with Crippen molar-refractivity contribution in [1.29, 1.82) is 0 Å². The van der Waals surface area contributed by atoms with Crippen LogP contribution in [0, 0.1) is 6.92 Å². The summed E-state index contributed by atoms with van der Waals surface area (Å²) < 4.78 is 23.0. The zero-order valence-corrected chi connectivity index (χ0v) is 5.64. The minimum atomic E-state index is -3.22. The molecule has 0 bridgehead atoms. The minimum Gasteiger partial charge on any atom is -0.187 e. The summed E-state index contributed by atoms with van der Waals surface area (Å²) in [5, 5.41) is -3.22. The normalized spacial score (nSPS) is 16.7. The lowest BCUT2D eigenvalue weighted by molar-refractivity contribution is 0.107. The Morgan fingerprint density at radius 1 is 1.71 bits per heavy atom. The van der Waals surface area contributed by atoms with E-state index >= 15 is 0 Å². The van der Waals surface area contributed by atoms with Crippen molar-refractivity contribution >= 4 is 27.5 Å². The van der Waals surface area contributed by atoms with Crippen LogP contribution in [0.1, 0.15) is 0 Å². The van der Waals surface area contributed by atoms with E-state index in [0.717, 1.165) is 0 Å². The van der Waals surface area contributed by atoms with E-state index < -0.39 is 10.2 Å². The van der Waals surface area contributed by atoms with Gasteiger partial charge in [-0.05, 0) is 18.5 Å². The van der Waals surface area contributed by atoms with E-state index in [2.05, 4.69) is 34.5 Å². The van der Waals surface area contributed by atoms with Crippen molar-refractivity contribution in [2.24, 2.45) is 0 Å². The van der Waals surface area contributed by atoms with Gasteiger partial charge in [-0.25, -0.2) is 0 Å². The van der Waals surface area contributed by atoms with Gasteiger partial charge in [0, 0.05) is 0 Å². The molecule has 1 unspecified atom stereocenters. The fourth-order valence-electron chi connectivity index (χ4n) is 0. The Hall–Kier alpha value is 0.630. The maximum absolute atomic E-state index is 11.5. The first-order chi connectivity index (χ1) is 2.94. The molecule has 0 saturated heterocycles.